The van der Waals surface area contributed by atoms with Crippen molar-refractivity contribution in [1.29, 1.82) is 0 Å². The molecule has 2 aliphatic carbocycles. The Kier molecular flexibility index (Phi) is 6.93. The predicted molar refractivity (Wildman–Crippen MR) is 230 cm³/mol. The highest BCUT2D eigenvalue weighted by atomic mass is 32.1. The van der Waals surface area contributed by atoms with E-state index in [-0.39, 0.29) is 5.41 Å². The number of anilines is 2. The molecule has 0 spiro atoms. The van der Waals surface area contributed by atoms with Crippen LogP contribution in [0.4, 0.5) is 11.4 Å². The maximum absolute atomic E-state index is 6.60. The van der Waals surface area contributed by atoms with E-state index in [0.29, 0.717) is 0 Å². The molecule has 2 heterocycles. The first-order valence-electron chi connectivity index (χ1n) is 18.9. The maximum Gasteiger partial charge on any atom is 0.143 e. The molecule has 0 atom stereocenters. The average molecular weight is 712 g/mol. The number of furan rings is 1. The fourth-order valence-electron chi connectivity index (χ4n) is 9.08. The highest BCUT2D eigenvalue weighted by Gasteiger charge is 2.38. The number of nitrogens with zero attached hydrogens (tertiary/aromatic N) is 1. The number of hydrogen-bond acceptors (Lipinski definition) is 3. The van der Waals surface area contributed by atoms with Gasteiger partial charge in [-0.25, -0.2) is 0 Å². The van der Waals surface area contributed by atoms with Crippen molar-refractivity contribution in [2.24, 2.45) is 0 Å². The van der Waals surface area contributed by atoms with Crippen LogP contribution in [0.15, 0.2) is 174 Å². The van der Waals surface area contributed by atoms with Crippen molar-refractivity contribution in [2.45, 2.75) is 32.1 Å². The van der Waals surface area contributed by atoms with Gasteiger partial charge in [0.15, 0.2) is 0 Å². The Morgan fingerprint density at radius 1 is 0.556 bits per heavy atom. The molecule has 0 aliphatic heterocycles. The van der Waals surface area contributed by atoms with Crippen LogP contribution in [0.1, 0.15) is 43.4 Å². The van der Waals surface area contributed by atoms with Gasteiger partial charge < -0.3 is 9.32 Å². The topological polar surface area (TPSA) is 16.4 Å². The van der Waals surface area contributed by atoms with Crippen molar-refractivity contribution >= 4 is 70.4 Å². The molecule has 0 unspecified atom stereocenters. The molecule has 0 amide bonds. The van der Waals surface area contributed by atoms with Crippen molar-refractivity contribution in [1.82, 2.24) is 0 Å². The first-order valence-corrected chi connectivity index (χ1v) is 19.7. The van der Waals surface area contributed by atoms with Gasteiger partial charge in [0.2, 0.25) is 0 Å². The summed E-state index contributed by atoms with van der Waals surface area (Å²) in [5.74, 6) is 0. The minimum atomic E-state index is -0.187. The van der Waals surface area contributed by atoms with Crippen molar-refractivity contribution in [3.63, 3.8) is 0 Å². The summed E-state index contributed by atoms with van der Waals surface area (Å²) in [6.45, 7) is 4.72. The number of para-hydroxylation sites is 1. The van der Waals surface area contributed by atoms with Crippen molar-refractivity contribution in [2.75, 3.05) is 4.90 Å². The lowest BCUT2D eigenvalue weighted by Crippen LogP contribution is -2.20. The lowest BCUT2D eigenvalue weighted by molar-refractivity contribution is 0.653. The van der Waals surface area contributed by atoms with E-state index in [1.165, 1.54) is 86.8 Å². The minimum absolute atomic E-state index is 0.187. The molecule has 54 heavy (non-hydrogen) atoms. The second kappa shape index (κ2) is 11.9. The first-order chi connectivity index (χ1) is 26.5. The van der Waals surface area contributed by atoms with Crippen LogP contribution in [0.3, 0.4) is 0 Å². The molecule has 0 saturated carbocycles. The Morgan fingerprint density at radius 3 is 2.15 bits per heavy atom. The molecular weight excluding hydrogens is 675 g/mol. The quantitative estimate of drug-likeness (QED) is 0.177. The molecule has 2 aromatic heterocycles. The van der Waals surface area contributed by atoms with Crippen LogP contribution in [0, 0.1) is 0 Å². The van der Waals surface area contributed by atoms with Crippen LogP contribution in [-0.4, -0.2) is 0 Å². The van der Waals surface area contributed by atoms with Crippen LogP contribution in [0.2, 0.25) is 0 Å². The van der Waals surface area contributed by atoms with E-state index in [9.17, 15) is 0 Å². The molecule has 0 radical (unpaired) electrons. The van der Waals surface area contributed by atoms with Crippen molar-refractivity contribution < 1.29 is 4.42 Å². The summed E-state index contributed by atoms with van der Waals surface area (Å²) >= 11 is 1.89. The molecule has 0 saturated heterocycles. The maximum atomic E-state index is 6.60. The van der Waals surface area contributed by atoms with Crippen molar-refractivity contribution in [3.8, 4) is 22.3 Å². The third-order valence-electron chi connectivity index (χ3n) is 11.8. The SMILES string of the molecule is CC1(C)c2cc(N(C3=CC=C(c4ccccc4)CC3)c3ccc(-c4cccc5c4sc4ccccc45)cc3)ccc2-c2c1ccc1c2oc2ccccc21. The Bertz CT molecular complexity index is 3010. The minimum Gasteiger partial charge on any atom is -0.455 e. The summed E-state index contributed by atoms with van der Waals surface area (Å²) in [6, 6.07) is 55.6. The summed E-state index contributed by atoms with van der Waals surface area (Å²) in [4.78, 5) is 2.48. The van der Waals surface area contributed by atoms with Gasteiger partial charge in [-0.15, -0.1) is 11.3 Å². The lowest BCUT2D eigenvalue weighted by atomic mass is 9.82. The van der Waals surface area contributed by atoms with Gasteiger partial charge in [0.05, 0.1) is 0 Å². The number of allylic oxidation sites excluding steroid dienone is 4. The summed E-state index contributed by atoms with van der Waals surface area (Å²) in [5.41, 5.74) is 15.7. The third kappa shape index (κ3) is 4.71. The Balaban J connectivity index is 1.05. The van der Waals surface area contributed by atoms with Crippen LogP contribution >= 0.6 is 11.3 Å². The summed E-state index contributed by atoms with van der Waals surface area (Å²) in [7, 11) is 0. The molecule has 2 nitrogen and oxygen atoms in total. The molecule has 258 valence electrons. The van der Waals surface area contributed by atoms with E-state index in [1.54, 1.807) is 0 Å². The van der Waals surface area contributed by atoms with Gasteiger partial charge in [0.25, 0.3) is 0 Å². The summed E-state index contributed by atoms with van der Waals surface area (Å²) in [5, 5.41) is 5.01. The fourth-order valence-corrected chi connectivity index (χ4v) is 10.3. The van der Waals surface area contributed by atoms with Gasteiger partial charge in [0, 0.05) is 59.0 Å². The lowest BCUT2D eigenvalue weighted by Gasteiger charge is -2.31. The molecule has 2 aliphatic rings. The van der Waals surface area contributed by atoms with E-state index >= 15 is 0 Å². The predicted octanol–water partition coefficient (Wildman–Crippen LogP) is 14.8. The Hall–Kier alpha value is -6.16. The molecule has 11 rings (SSSR count). The monoisotopic (exact) mass is 711 g/mol. The van der Waals surface area contributed by atoms with Crippen LogP contribution < -0.4 is 4.90 Å². The van der Waals surface area contributed by atoms with Gasteiger partial charge in [-0.05, 0) is 94.3 Å². The zero-order chi connectivity index (χ0) is 36.0. The first kappa shape index (κ1) is 31.4. The molecular formula is C51H37NOS. The molecule has 0 bridgehead atoms. The number of hydrogen-bond donors (Lipinski definition) is 0. The standard InChI is InChI=1S/C51H37NOS/c1-51(2)44-30-29-41-39-13-6-8-17-46(39)53-49(41)48(44)43-28-27-37(31-45(43)51)52(35-23-19-33(20-24-35)32-11-4-3-5-12-32)36-25-21-34(22-26-36)38-15-10-16-42-40-14-7-9-18-47(40)54-50(38)42/h3-19,21-23,25-31H,20,24H2,1-2H3. The van der Waals surface area contributed by atoms with Crippen LogP contribution in [-0.2, 0) is 5.41 Å². The zero-order valence-electron chi connectivity index (χ0n) is 30.3. The molecule has 7 aromatic carbocycles. The Morgan fingerprint density at radius 2 is 1.31 bits per heavy atom. The van der Waals surface area contributed by atoms with Crippen LogP contribution in [0.25, 0.3) is 69.9 Å². The highest BCUT2D eigenvalue weighted by Crippen LogP contribution is 2.54. The molecule has 0 fully saturated rings. The smallest absolute Gasteiger partial charge is 0.143 e. The highest BCUT2D eigenvalue weighted by molar-refractivity contribution is 7.26. The Labute approximate surface area is 318 Å². The summed E-state index contributed by atoms with van der Waals surface area (Å²) in [6.07, 6.45) is 6.60. The second-order valence-electron chi connectivity index (χ2n) is 15.2. The number of fused-ring (bicyclic) bond motifs is 10. The molecule has 9 aromatic rings. The van der Waals surface area contributed by atoms with E-state index in [0.717, 1.165) is 29.7 Å². The van der Waals surface area contributed by atoms with E-state index in [2.05, 4.69) is 183 Å². The fraction of sp³-hybridized carbons (Fsp3) is 0.0980. The largest absolute Gasteiger partial charge is 0.455 e. The third-order valence-corrected chi connectivity index (χ3v) is 13.0. The second-order valence-corrected chi connectivity index (χ2v) is 16.2. The van der Waals surface area contributed by atoms with E-state index in [4.69, 9.17) is 4.42 Å². The zero-order valence-corrected chi connectivity index (χ0v) is 31.1. The van der Waals surface area contributed by atoms with Gasteiger partial charge in [-0.2, -0.15) is 0 Å². The normalized spacial score (nSPS) is 14.7. The molecule has 0 N–H and O–H groups in total. The van der Waals surface area contributed by atoms with Gasteiger partial charge in [0.1, 0.15) is 11.2 Å². The van der Waals surface area contributed by atoms with Crippen molar-refractivity contribution in [3.05, 3.63) is 186 Å². The van der Waals surface area contributed by atoms with Gasteiger partial charge >= 0.3 is 0 Å². The summed E-state index contributed by atoms with van der Waals surface area (Å²) < 4.78 is 9.27. The molecule has 3 heteroatoms. The van der Waals surface area contributed by atoms with E-state index in [1.807, 2.05) is 11.3 Å². The van der Waals surface area contributed by atoms with Crippen LogP contribution in [0.5, 0.6) is 0 Å². The van der Waals surface area contributed by atoms with Gasteiger partial charge in [-0.3, -0.25) is 0 Å². The van der Waals surface area contributed by atoms with Gasteiger partial charge in [-0.1, -0.05) is 135 Å². The van der Waals surface area contributed by atoms with E-state index < -0.39 is 0 Å². The number of benzene rings is 7. The number of rotatable bonds is 5. The average Bonchev–Trinajstić information content (AvgIpc) is 3.87. The number of thiophene rings is 1.